The van der Waals surface area contributed by atoms with E-state index < -0.39 is 4.92 Å². The molecule has 0 saturated heterocycles. The number of hydrogen-bond donors (Lipinski definition) is 1. The average molecular weight is 408 g/mol. The van der Waals surface area contributed by atoms with Gasteiger partial charge in [0.05, 0.1) is 4.92 Å². The number of aromatic nitrogens is 1. The van der Waals surface area contributed by atoms with Crippen molar-refractivity contribution in [2.24, 2.45) is 0 Å². The van der Waals surface area contributed by atoms with Crippen LogP contribution in [0.4, 0.5) is 11.4 Å². The fourth-order valence-electron chi connectivity index (χ4n) is 2.95. The molecule has 0 radical (unpaired) electrons. The van der Waals surface area contributed by atoms with Crippen LogP contribution < -0.4 is 5.32 Å². The lowest BCUT2D eigenvalue weighted by Crippen LogP contribution is -2.13. The quantitative estimate of drug-likeness (QED) is 0.350. The van der Waals surface area contributed by atoms with E-state index in [-0.39, 0.29) is 11.6 Å². The summed E-state index contributed by atoms with van der Waals surface area (Å²) < 4.78 is 5.82. The lowest BCUT2D eigenvalue weighted by Gasteiger charge is -2.11. The van der Waals surface area contributed by atoms with Gasteiger partial charge in [-0.15, -0.1) is 0 Å². The van der Waals surface area contributed by atoms with Crippen LogP contribution >= 0.6 is 11.6 Å². The van der Waals surface area contributed by atoms with Crippen molar-refractivity contribution in [1.82, 2.24) is 4.98 Å². The zero-order valence-electron chi connectivity index (χ0n) is 15.2. The minimum atomic E-state index is -0.511. The number of carbonyl (C=O) groups is 1. The molecule has 144 valence electrons. The molecular formula is C21H14ClN3O4. The predicted octanol–water partition coefficient (Wildman–Crippen LogP) is 5.62. The average Bonchev–Trinajstić information content (AvgIpc) is 3.12. The molecule has 0 aliphatic rings. The van der Waals surface area contributed by atoms with E-state index in [2.05, 4.69) is 10.3 Å². The van der Waals surface area contributed by atoms with Crippen molar-refractivity contribution in [2.75, 3.05) is 5.32 Å². The van der Waals surface area contributed by atoms with Gasteiger partial charge >= 0.3 is 0 Å². The Bertz CT molecular complexity index is 1250. The SMILES string of the molecule is Cc1c(NC(=O)c2ccc([N+](=O)[O-])cc2)cccc1-c1nc2cc(Cl)ccc2o1. The molecule has 8 heteroatoms. The first kappa shape index (κ1) is 18.6. The summed E-state index contributed by atoms with van der Waals surface area (Å²) in [4.78, 5) is 27.3. The molecule has 7 nitrogen and oxygen atoms in total. The Morgan fingerprint density at radius 3 is 2.62 bits per heavy atom. The number of nitro groups is 1. The summed E-state index contributed by atoms with van der Waals surface area (Å²) in [5.41, 5.74) is 3.61. The highest BCUT2D eigenvalue weighted by molar-refractivity contribution is 6.31. The monoisotopic (exact) mass is 407 g/mol. The molecule has 29 heavy (non-hydrogen) atoms. The van der Waals surface area contributed by atoms with E-state index in [4.69, 9.17) is 16.0 Å². The number of anilines is 1. The first-order valence-electron chi connectivity index (χ1n) is 8.64. The number of hydrogen-bond acceptors (Lipinski definition) is 5. The zero-order chi connectivity index (χ0) is 20.5. The number of benzene rings is 3. The number of carbonyl (C=O) groups excluding carboxylic acids is 1. The Labute approximate surface area is 170 Å². The van der Waals surface area contributed by atoms with Gasteiger partial charge in [-0.05, 0) is 55.0 Å². The van der Waals surface area contributed by atoms with E-state index in [0.717, 1.165) is 11.1 Å². The molecule has 0 aliphatic carbocycles. The lowest BCUT2D eigenvalue weighted by atomic mass is 10.1. The molecule has 0 aliphatic heterocycles. The maximum Gasteiger partial charge on any atom is 0.269 e. The fraction of sp³-hybridized carbons (Fsp3) is 0.0476. The van der Waals surface area contributed by atoms with Gasteiger partial charge in [-0.25, -0.2) is 4.98 Å². The van der Waals surface area contributed by atoms with Crippen LogP contribution in [0.5, 0.6) is 0 Å². The molecule has 0 fully saturated rings. The van der Waals surface area contributed by atoms with E-state index in [1.54, 1.807) is 30.3 Å². The summed E-state index contributed by atoms with van der Waals surface area (Å²) in [6.45, 7) is 1.85. The van der Waals surface area contributed by atoms with E-state index in [0.29, 0.717) is 33.3 Å². The normalized spacial score (nSPS) is 10.8. The van der Waals surface area contributed by atoms with Crippen molar-refractivity contribution in [2.45, 2.75) is 6.92 Å². The van der Waals surface area contributed by atoms with Gasteiger partial charge in [0.2, 0.25) is 5.89 Å². The summed E-state index contributed by atoms with van der Waals surface area (Å²) in [5, 5.41) is 14.2. The minimum Gasteiger partial charge on any atom is -0.436 e. The highest BCUT2D eigenvalue weighted by atomic mass is 35.5. The number of amides is 1. The molecule has 0 atom stereocenters. The molecule has 4 rings (SSSR count). The number of nitrogens with zero attached hydrogens (tertiary/aromatic N) is 2. The molecule has 0 spiro atoms. The summed E-state index contributed by atoms with van der Waals surface area (Å²) >= 11 is 6.01. The van der Waals surface area contributed by atoms with Crippen LogP contribution in [-0.2, 0) is 0 Å². The highest BCUT2D eigenvalue weighted by Gasteiger charge is 2.15. The summed E-state index contributed by atoms with van der Waals surface area (Å²) in [5.74, 6) is 0.0516. The summed E-state index contributed by atoms with van der Waals surface area (Å²) in [6.07, 6.45) is 0. The first-order chi connectivity index (χ1) is 13.9. The Hall–Kier alpha value is -3.71. The highest BCUT2D eigenvalue weighted by Crippen LogP contribution is 2.31. The number of halogens is 1. The molecule has 1 amide bonds. The van der Waals surface area contributed by atoms with Gasteiger partial charge in [0, 0.05) is 34.0 Å². The van der Waals surface area contributed by atoms with Gasteiger partial charge in [-0.1, -0.05) is 17.7 Å². The Balaban J connectivity index is 1.63. The molecule has 0 bridgehead atoms. The van der Waals surface area contributed by atoms with Gasteiger partial charge in [-0.2, -0.15) is 0 Å². The van der Waals surface area contributed by atoms with Gasteiger partial charge in [0.1, 0.15) is 5.52 Å². The third-order valence-corrected chi connectivity index (χ3v) is 4.74. The second-order valence-electron chi connectivity index (χ2n) is 6.37. The maximum atomic E-state index is 12.5. The smallest absolute Gasteiger partial charge is 0.269 e. The van der Waals surface area contributed by atoms with E-state index in [1.165, 1.54) is 24.3 Å². The van der Waals surface area contributed by atoms with Crippen LogP contribution in [0.25, 0.3) is 22.6 Å². The van der Waals surface area contributed by atoms with Crippen LogP contribution in [0, 0.1) is 17.0 Å². The van der Waals surface area contributed by atoms with Gasteiger partial charge in [0.25, 0.3) is 11.6 Å². The number of nitrogens with one attached hydrogen (secondary N) is 1. The van der Waals surface area contributed by atoms with E-state index >= 15 is 0 Å². The van der Waals surface area contributed by atoms with Crippen LogP contribution in [0.1, 0.15) is 15.9 Å². The number of non-ortho nitro benzene ring substituents is 1. The number of oxazole rings is 1. The van der Waals surface area contributed by atoms with Gasteiger partial charge in [0.15, 0.2) is 5.58 Å². The lowest BCUT2D eigenvalue weighted by molar-refractivity contribution is -0.384. The van der Waals surface area contributed by atoms with Crippen molar-refractivity contribution in [3.63, 3.8) is 0 Å². The molecule has 0 unspecified atom stereocenters. The van der Waals surface area contributed by atoms with Crippen molar-refractivity contribution in [1.29, 1.82) is 0 Å². The molecule has 4 aromatic rings. The van der Waals surface area contributed by atoms with Crippen molar-refractivity contribution in [3.05, 3.63) is 86.9 Å². The largest absolute Gasteiger partial charge is 0.436 e. The number of rotatable bonds is 4. The standard InChI is InChI=1S/C21H14ClN3O4/c1-12-16(21-24-18-11-14(22)7-10-19(18)29-21)3-2-4-17(12)23-20(26)13-5-8-15(9-6-13)25(27)28/h2-11H,1H3,(H,23,26). The molecule has 3 aromatic carbocycles. The summed E-state index contributed by atoms with van der Waals surface area (Å²) in [6, 6.07) is 16.0. The Morgan fingerprint density at radius 1 is 1.14 bits per heavy atom. The second-order valence-corrected chi connectivity index (χ2v) is 6.80. The van der Waals surface area contributed by atoms with E-state index in [1.807, 2.05) is 13.0 Å². The van der Waals surface area contributed by atoms with Gasteiger partial charge in [-0.3, -0.25) is 14.9 Å². The van der Waals surface area contributed by atoms with Crippen molar-refractivity contribution < 1.29 is 14.1 Å². The minimum absolute atomic E-state index is 0.0733. The molecular weight excluding hydrogens is 394 g/mol. The van der Waals surface area contributed by atoms with Crippen molar-refractivity contribution in [3.8, 4) is 11.5 Å². The second kappa shape index (κ2) is 7.37. The first-order valence-corrected chi connectivity index (χ1v) is 9.02. The number of fused-ring (bicyclic) bond motifs is 1. The van der Waals surface area contributed by atoms with Gasteiger partial charge < -0.3 is 9.73 Å². The van der Waals surface area contributed by atoms with E-state index in [9.17, 15) is 14.9 Å². The Morgan fingerprint density at radius 2 is 1.90 bits per heavy atom. The third kappa shape index (κ3) is 3.68. The molecule has 1 aromatic heterocycles. The fourth-order valence-corrected chi connectivity index (χ4v) is 3.11. The predicted molar refractivity (Wildman–Crippen MR) is 110 cm³/mol. The number of nitro benzene ring substituents is 1. The Kier molecular flexibility index (Phi) is 4.74. The molecule has 1 N–H and O–H groups in total. The topological polar surface area (TPSA) is 98.3 Å². The van der Waals surface area contributed by atoms with Crippen LogP contribution in [-0.4, -0.2) is 15.8 Å². The van der Waals surface area contributed by atoms with Crippen LogP contribution in [0.2, 0.25) is 5.02 Å². The van der Waals surface area contributed by atoms with Crippen molar-refractivity contribution >= 4 is 40.0 Å². The summed E-state index contributed by atoms with van der Waals surface area (Å²) in [7, 11) is 0. The van der Waals surface area contributed by atoms with Crippen LogP contribution in [0.15, 0.2) is 65.1 Å². The zero-order valence-corrected chi connectivity index (χ0v) is 15.9. The third-order valence-electron chi connectivity index (χ3n) is 4.50. The van der Waals surface area contributed by atoms with Crippen LogP contribution in [0.3, 0.4) is 0 Å². The molecule has 0 saturated carbocycles. The maximum absolute atomic E-state index is 12.5. The molecule has 1 heterocycles.